The number of Topliss-reactive ketones (excluding diaryl/α,β-unsaturated/α-hetero) is 1. The molecule has 0 aromatic heterocycles. The molecule has 1 aliphatic carbocycles. The summed E-state index contributed by atoms with van der Waals surface area (Å²) in [6.07, 6.45) is -0.833. The van der Waals surface area contributed by atoms with Crippen molar-refractivity contribution in [2.75, 3.05) is 13.2 Å². The number of fused-ring (bicyclic) bond motifs is 4. The van der Waals surface area contributed by atoms with Crippen LogP contribution in [0.4, 0.5) is 0 Å². The third kappa shape index (κ3) is 26.5. The average Bonchev–Trinajstić information content (AvgIpc) is 3.29. The van der Waals surface area contributed by atoms with E-state index in [1.807, 2.05) is 6.92 Å². The number of phosphoric ester groups is 2. The molecule has 0 radical (unpaired) electrons. The Morgan fingerprint density at radius 3 is 2.06 bits per heavy atom. The van der Waals surface area contributed by atoms with Crippen LogP contribution in [0.3, 0.4) is 0 Å². The van der Waals surface area contributed by atoms with Crippen LogP contribution in [-0.2, 0) is 46.6 Å². The third-order valence-corrected chi connectivity index (χ3v) is 14.0. The van der Waals surface area contributed by atoms with E-state index in [0.29, 0.717) is 12.8 Å². The van der Waals surface area contributed by atoms with E-state index in [1.165, 1.54) is 32.1 Å². The van der Waals surface area contributed by atoms with Gasteiger partial charge in [0.15, 0.2) is 6.10 Å². The van der Waals surface area contributed by atoms with Crippen molar-refractivity contribution in [1.82, 2.24) is 0 Å². The average molecular weight is 1030 g/mol. The molecule has 2 rings (SSSR count). The second-order valence-corrected chi connectivity index (χ2v) is 21.1. The second kappa shape index (κ2) is 34.5. The topological polar surface area (TPSA) is 334 Å². The number of carbonyl (C=O) groups excluding carboxylic acids is 3. The number of cyclic esters (lactones) is 1. The lowest BCUT2D eigenvalue weighted by Crippen LogP contribution is -2.56. The van der Waals surface area contributed by atoms with Crippen LogP contribution in [0.1, 0.15) is 168 Å². The summed E-state index contributed by atoms with van der Waals surface area (Å²) in [5.41, 5.74) is 0. The smallest absolute Gasteiger partial charge is 0.462 e. The third-order valence-electron chi connectivity index (χ3n) is 12.5. The Bertz CT molecular complexity index is 1610. The van der Waals surface area contributed by atoms with Crippen LogP contribution in [-0.4, -0.2) is 142 Å². The van der Waals surface area contributed by atoms with E-state index >= 15 is 0 Å². The molecule has 10 N–H and O–H groups in total. The van der Waals surface area contributed by atoms with Gasteiger partial charge in [-0.05, 0) is 44.9 Å². The molecule has 2 aliphatic rings. The molecule has 0 aromatic rings. The Morgan fingerprint density at radius 1 is 0.812 bits per heavy atom. The highest BCUT2D eigenvalue weighted by atomic mass is 31.2. The summed E-state index contributed by atoms with van der Waals surface area (Å²) in [6.45, 7) is 2.39. The molecule has 0 spiro atoms. The van der Waals surface area contributed by atoms with E-state index in [2.05, 4.69) is 19.1 Å². The number of ether oxygens (including phenoxy) is 2. The molecule has 1 aliphatic heterocycles. The van der Waals surface area contributed by atoms with Crippen molar-refractivity contribution in [3.05, 3.63) is 24.3 Å². The van der Waals surface area contributed by atoms with Crippen LogP contribution in [0.25, 0.3) is 0 Å². The van der Waals surface area contributed by atoms with Crippen LogP contribution in [0, 0.1) is 11.8 Å². The number of rotatable bonds is 25. The van der Waals surface area contributed by atoms with Crippen LogP contribution >= 0.6 is 15.6 Å². The van der Waals surface area contributed by atoms with Gasteiger partial charge in [0.2, 0.25) is 0 Å². The minimum atomic E-state index is -5.81. The summed E-state index contributed by atoms with van der Waals surface area (Å²) in [4.78, 5) is 70.0. The number of aliphatic hydroxyl groups is 7. The summed E-state index contributed by atoms with van der Waals surface area (Å²) in [7, 11) is -11.5. The van der Waals surface area contributed by atoms with E-state index in [0.717, 1.165) is 69.9 Å². The molecule has 0 aromatic carbocycles. The molecule has 1 saturated carbocycles. The molecule has 1 saturated heterocycles. The molecular formula is C47H84O20P2. The molecule has 2 fully saturated rings. The molecule has 1 heterocycles. The van der Waals surface area contributed by atoms with Crippen molar-refractivity contribution in [2.45, 2.75) is 229 Å². The first-order valence-corrected chi connectivity index (χ1v) is 28.1. The number of ketones is 1. The Hall–Kier alpha value is -1.97. The van der Waals surface area contributed by atoms with Crippen LogP contribution in [0.15, 0.2) is 24.3 Å². The fraction of sp³-hybridized carbons (Fsp3) is 0.851. The Labute approximate surface area is 407 Å². The van der Waals surface area contributed by atoms with Crippen molar-refractivity contribution in [3.8, 4) is 0 Å². The SMILES string of the molecule is CC/C=C\CCCCCCCCCCCCCC(=O)OC[C@@H]1COP(=O)(O)O[C@H]2[C@H](O)[C@@H](O)[C@H](O)[C@@H](CC(=O)CCCCC(=O)O1)[C@@H](O)C[C@@H](O)[C@H](/C=C/[C@@H](O)CCCCC)[C@@H](O)[C@H]2OP(=O)(O)O. The van der Waals surface area contributed by atoms with Gasteiger partial charge in [0.05, 0.1) is 37.1 Å². The maximum atomic E-state index is 13.7. The van der Waals surface area contributed by atoms with Gasteiger partial charge in [-0.1, -0.05) is 115 Å². The molecular weight excluding hydrogens is 946 g/mol. The van der Waals surface area contributed by atoms with Crippen LogP contribution in [0.2, 0.25) is 0 Å². The zero-order chi connectivity index (χ0) is 51.4. The maximum absolute atomic E-state index is 13.7. The Kier molecular flexibility index (Phi) is 31.5. The lowest BCUT2D eigenvalue weighted by molar-refractivity contribution is -0.166. The van der Waals surface area contributed by atoms with Crippen molar-refractivity contribution < 1.29 is 97.0 Å². The van der Waals surface area contributed by atoms with E-state index in [-0.39, 0.29) is 38.5 Å². The second-order valence-electron chi connectivity index (χ2n) is 18.5. The zero-order valence-corrected chi connectivity index (χ0v) is 42.4. The van der Waals surface area contributed by atoms with Crippen LogP contribution < -0.4 is 0 Å². The molecule has 20 nitrogen and oxygen atoms in total. The van der Waals surface area contributed by atoms with E-state index in [9.17, 15) is 73.9 Å². The van der Waals surface area contributed by atoms with Gasteiger partial charge in [0.25, 0.3) is 0 Å². The molecule has 402 valence electrons. The fourth-order valence-corrected chi connectivity index (χ4v) is 10.0. The molecule has 69 heavy (non-hydrogen) atoms. The van der Waals surface area contributed by atoms with Crippen molar-refractivity contribution in [3.63, 3.8) is 0 Å². The first-order valence-electron chi connectivity index (χ1n) is 25.1. The van der Waals surface area contributed by atoms with E-state index in [1.54, 1.807) is 0 Å². The Morgan fingerprint density at radius 2 is 1.43 bits per heavy atom. The van der Waals surface area contributed by atoms with E-state index in [4.69, 9.17) is 23.0 Å². The quantitative estimate of drug-likeness (QED) is 0.0240. The number of phosphoric acid groups is 2. The van der Waals surface area contributed by atoms with Gasteiger partial charge in [0, 0.05) is 43.9 Å². The monoisotopic (exact) mass is 1030 g/mol. The van der Waals surface area contributed by atoms with E-state index < -0.39 is 132 Å². The lowest BCUT2D eigenvalue weighted by Gasteiger charge is -2.38. The number of esters is 2. The number of unbranched alkanes of at least 4 members (excludes halogenated alkanes) is 13. The van der Waals surface area contributed by atoms with Gasteiger partial charge in [-0.2, -0.15) is 0 Å². The minimum absolute atomic E-state index is 0.0300. The van der Waals surface area contributed by atoms with Gasteiger partial charge in [-0.25, -0.2) is 9.13 Å². The first kappa shape index (κ1) is 63.1. The standard InChI is InChI=1S/C47H84O20P2/c1-3-5-7-8-9-10-11-12-13-14-15-16-17-18-20-25-40(52)63-31-35-32-64-69(61,62)67-47-45(57)44(56)42(54)37(29-34(49)24-21-22-26-41(53)65-35)39(51)30-38(50)36(28-27-33(48)23-19-6-4-2)43(55)46(47)66-68(58,59)60/h5,7,27-28,33,35-39,42-48,50-51,54-57H,3-4,6,8-26,29-32H2,1-2H3,(H,61,62)(H2,58,59,60)/b7-5-,28-27+/t33-,35+,36-,37-,38+,39-,42+,43+,44-,45+,46+,47-/m0/s1. The van der Waals surface area contributed by atoms with Gasteiger partial charge in [0.1, 0.15) is 36.8 Å². The van der Waals surface area contributed by atoms with Crippen molar-refractivity contribution >= 4 is 33.4 Å². The normalized spacial score (nSPS) is 31.3. The summed E-state index contributed by atoms with van der Waals surface area (Å²) in [5.74, 6) is -5.56. The number of aliphatic hydroxyl groups excluding tert-OH is 7. The highest BCUT2D eigenvalue weighted by molar-refractivity contribution is 7.47. The van der Waals surface area contributed by atoms with Crippen molar-refractivity contribution in [1.29, 1.82) is 0 Å². The van der Waals surface area contributed by atoms with Crippen LogP contribution in [0.5, 0.6) is 0 Å². The first-order chi connectivity index (χ1) is 32.7. The maximum Gasteiger partial charge on any atom is 0.472 e. The number of carbonyl (C=O) groups is 3. The predicted molar refractivity (Wildman–Crippen MR) is 253 cm³/mol. The number of allylic oxidation sites excluding steroid dienone is 2. The predicted octanol–water partition coefficient (Wildman–Crippen LogP) is 5.29. The van der Waals surface area contributed by atoms with Gasteiger partial charge in [-0.15, -0.1) is 0 Å². The van der Waals surface area contributed by atoms with Crippen molar-refractivity contribution in [2.24, 2.45) is 11.8 Å². The highest BCUT2D eigenvalue weighted by Gasteiger charge is 2.52. The lowest BCUT2D eigenvalue weighted by atomic mass is 9.82. The largest absolute Gasteiger partial charge is 0.472 e. The minimum Gasteiger partial charge on any atom is -0.462 e. The van der Waals surface area contributed by atoms with Gasteiger partial charge in [-0.3, -0.25) is 28.0 Å². The molecule has 22 heteroatoms. The van der Waals surface area contributed by atoms with Gasteiger partial charge < -0.3 is 59.9 Å². The number of hydrogen-bond donors (Lipinski definition) is 10. The molecule has 13 atom stereocenters. The fourth-order valence-electron chi connectivity index (χ4n) is 8.49. The summed E-state index contributed by atoms with van der Waals surface area (Å²) >= 11 is 0. The van der Waals surface area contributed by atoms with Gasteiger partial charge >= 0.3 is 27.6 Å². The molecule has 2 bridgehead atoms. The molecule has 1 unspecified atom stereocenters. The number of hydrogen-bond acceptors (Lipinski definition) is 17. The highest BCUT2D eigenvalue weighted by Crippen LogP contribution is 2.50. The summed E-state index contributed by atoms with van der Waals surface area (Å²) in [6, 6.07) is 0. The summed E-state index contributed by atoms with van der Waals surface area (Å²) < 4.78 is 52.0. The Balaban J connectivity index is 2.31. The summed E-state index contributed by atoms with van der Waals surface area (Å²) in [5, 5.41) is 79.6. The molecule has 0 amide bonds. The zero-order valence-electron chi connectivity index (χ0n) is 40.6.